The number of nitrogen functional groups attached to an aromatic ring is 1. The second kappa shape index (κ2) is 4.77. The zero-order valence-electron chi connectivity index (χ0n) is 11.1. The second-order valence-electron chi connectivity index (χ2n) is 5.64. The molecule has 0 saturated heterocycles. The number of rotatable bonds is 3. The lowest BCUT2D eigenvalue weighted by molar-refractivity contribution is 0.241. The van der Waals surface area contributed by atoms with E-state index in [0.29, 0.717) is 5.41 Å². The van der Waals surface area contributed by atoms with Gasteiger partial charge in [0, 0.05) is 5.69 Å². The van der Waals surface area contributed by atoms with Crippen molar-refractivity contribution < 1.29 is 4.74 Å². The molecule has 1 aromatic rings. The summed E-state index contributed by atoms with van der Waals surface area (Å²) in [5, 5.41) is 0. The Morgan fingerprint density at radius 2 is 1.62 bits per heavy atom. The topological polar surface area (TPSA) is 35.2 Å². The summed E-state index contributed by atoms with van der Waals surface area (Å²) in [5.74, 6) is 0.985. The predicted octanol–water partition coefficient (Wildman–Crippen LogP) is 3.70. The highest BCUT2D eigenvalue weighted by molar-refractivity contribution is 5.52. The molecule has 16 heavy (non-hydrogen) atoms. The fraction of sp³-hybridized carbons (Fsp3) is 0.571. The van der Waals surface area contributed by atoms with E-state index in [1.807, 2.05) is 26.0 Å². The first kappa shape index (κ1) is 12.9. The van der Waals surface area contributed by atoms with Crippen molar-refractivity contribution in [3.05, 3.63) is 23.3 Å². The lowest BCUT2D eigenvalue weighted by Crippen LogP contribution is -2.12. The van der Waals surface area contributed by atoms with E-state index in [1.54, 1.807) is 0 Å². The maximum absolute atomic E-state index is 5.84. The summed E-state index contributed by atoms with van der Waals surface area (Å²) in [6.07, 6.45) is 1.05. The molecule has 2 nitrogen and oxygen atoms in total. The van der Waals surface area contributed by atoms with Gasteiger partial charge in [-0.1, -0.05) is 20.8 Å². The average Bonchev–Trinajstić information content (AvgIpc) is 2.07. The molecular formula is C14H23NO. The van der Waals surface area contributed by atoms with Gasteiger partial charge in [-0.3, -0.25) is 0 Å². The minimum atomic E-state index is 0.315. The molecular weight excluding hydrogens is 198 g/mol. The van der Waals surface area contributed by atoms with Crippen LogP contribution in [-0.4, -0.2) is 6.61 Å². The molecule has 2 heteroatoms. The van der Waals surface area contributed by atoms with Crippen LogP contribution in [0.2, 0.25) is 0 Å². The van der Waals surface area contributed by atoms with Gasteiger partial charge >= 0.3 is 0 Å². The van der Waals surface area contributed by atoms with E-state index in [9.17, 15) is 0 Å². The van der Waals surface area contributed by atoms with E-state index in [0.717, 1.165) is 35.6 Å². The number of hydrogen-bond donors (Lipinski definition) is 1. The van der Waals surface area contributed by atoms with Gasteiger partial charge in [-0.15, -0.1) is 0 Å². The molecule has 0 atom stereocenters. The van der Waals surface area contributed by atoms with Gasteiger partial charge in [0.2, 0.25) is 0 Å². The van der Waals surface area contributed by atoms with Crippen LogP contribution < -0.4 is 10.5 Å². The van der Waals surface area contributed by atoms with Gasteiger partial charge < -0.3 is 10.5 Å². The zero-order valence-corrected chi connectivity index (χ0v) is 11.1. The quantitative estimate of drug-likeness (QED) is 0.790. The minimum Gasteiger partial charge on any atom is -0.493 e. The highest BCUT2D eigenvalue weighted by Gasteiger charge is 2.11. The van der Waals surface area contributed by atoms with E-state index in [1.165, 1.54) is 0 Å². The van der Waals surface area contributed by atoms with Gasteiger partial charge in [-0.2, -0.15) is 0 Å². The van der Waals surface area contributed by atoms with E-state index in [4.69, 9.17) is 10.5 Å². The Kier molecular flexibility index (Phi) is 3.84. The highest BCUT2D eigenvalue weighted by atomic mass is 16.5. The van der Waals surface area contributed by atoms with E-state index in [-0.39, 0.29) is 0 Å². The lowest BCUT2D eigenvalue weighted by Gasteiger charge is -2.19. The molecule has 0 heterocycles. The number of benzene rings is 1. The summed E-state index contributed by atoms with van der Waals surface area (Å²) in [4.78, 5) is 0. The molecule has 0 bridgehead atoms. The van der Waals surface area contributed by atoms with Crippen LogP contribution in [0, 0.1) is 19.3 Å². The van der Waals surface area contributed by atoms with Gasteiger partial charge in [-0.25, -0.2) is 0 Å². The third kappa shape index (κ3) is 3.76. The maximum atomic E-state index is 5.84. The van der Waals surface area contributed by atoms with E-state index >= 15 is 0 Å². The monoisotopic (exact) mass is 221 g/mol. The van der Waals surface area contributed by atoms with Crippen LogP contribution in [0.5, 0.6) is 5.75 Å². The predicted molar refractivity (Wildman–Crippen MR) is 69.9 cm³/mol. The Balaban J connectivity index is 2.68. The summed E-state index contributed by atoms with van der Waals surface area (Å²) < 4.78 is 5.84. The van der Waals surface area contributed by atoms with Crippen LogP contribution in [0.3, 0.4) is 0 Å². The van der Waals surface area contributed by atoms with Crippen LogP contribution in [-0.2, 0) is 0 Å². The third-order valence-electron chi connectivity index (χ3n) is 2.58. The van der Waals surface area contributed by atoms with Crippen LogP contribution in [0.1, 0.15) is 38.3 Å². The maximum Gasteiger partial charge on any atom is 0.125 e. The Morgan fingerprint density at radius 1 is 1.12 bits per heavy atom. The van der Waals surface area contributed by atoms with E-state index < -0.39 is 0 Å². The molecule has 0 unspecified atom stereocenters. The SMILES string of the molecule is Cc1cc(N)cc(C)c1OCCC(C)(C)C. The Morgan fingerprint density at radius 3 is 2.06 bits per heavy atom. The van der Waals surface area contributed by atoms with Crippen molar-refractivity contribution in [2.45, 2.75) is 41.0 Å². The van der Waals surface area contributed by atoms with Gasteiger partial charge in [-0.05, 0) is 48.9 Å². The smallest absolute Gasteiger partial charge is 0.125 e. The van der Waals surface area contributed by atoms with Crippen LogP contribution >= 0.6 is 0 Å². The molecule has 0 aliphatic heterocycles. The molecule has 0 radical (unpaired) electrons. The van der Waals surface area contributed by atoms with E-state index in [2.05, 4.69) is 20.8 Å². The van der Waals surface area contributed by atoms with Gasteiger partial charge in [0.15, 0.2) is 0 Å². The van der Waals surface area contributed by atoms with Crippen molar-refractivity contribution in [1.82, 2.24) is 0 Å². The molecule has 0 fully saturated rings. The number of aryl methyl sites for hydroxylation is 2. The summed E-state index contributed by atoms with van der Waals surface area (Å²) in [7, 11) is 0. The van der Waals surface area contributed by atoms with Gasteiger partial charge in [0.1, 0.15) is 5.75 Å². The molecule has 0 aliphatic rings. The van der Waals surface area contributed by atoms with Crippen molar-refractivity contribution in [3.8, 4) is 5.75 Å². The standard InChI is InChI=1S/C14H23NO/c1-10-8-12(15)9-11(2)13(10)16-7-6-14(3,4)5/h8-9H,6-7,15H2,1-5H3. The molecule has 1 aromatic carbocycles. The first-order chi connectivity index (χ1) is 7.29. The normalized spacial score (nSPS) is 11.6. The first-order valence-corrected chi connectivity index (χ1v) is 5.79. The third-order valence-corrected chi connectivity index (χ3v) is 2.58. The fourth-order valence-electron chi connectivity index (χ4n) is 1.67. The van der Waals surface area contributed by atoms with Crippen molar-refractivity contribution in [2.75, 3.05) is 12.3 Å². The summed E-state index contributed by atoms with van der Waals surface area (Å²) in [6.45, 7) is 11.5. The first-order valence-electron chi connectivity index (χ1n) is 5.79. The molecule has 0 spiro atoms. The van der Waals surface area contributed by atoms with Crippen molar-refractivity contribution in [3.63, 3.8) is 0 Å². The van der Waals surface area contributed by atoms with Crippen molar-refractivity contribution in [2.24, 2.45) is 5.41 Å². The molecule has 0 aromatic heterocycles. The van der Waals surface area contributed by atoms with Gasteiger partial charge in [0.25, 0.3) is 0 Å². The lowest BCUT2D eigenvalue weighted by atomic mass is 9.93. The summed E-state index contributed by atoms with van der Waals surface area (Å²) in [6, 6.07) is 3.92. The number of hydrogen-bond acceptors (Lipinski definition) is 2. The molecule has 0 saturated carbocycles. The van der Waals surface area contributed by atoms with Gasteiger partial charge in [0.05, 0.1) is 6.61 Å². The molecule has 2 N–H and O–H groups in total. The Bertz CT molecular complexity index is 340. The average molecular weight is 221 g/mol. The molecule has 90 valence electrons. The van der Waals surface area contributed by atoms with Crippen molar-refractivity contribution in [1.29, 1.82) is 0 Å². The summed E-state index contributed by atoms with van der Waals surface area (Å²) in [5.41, 5.74) is 9.12. The number of nitrogens with two attached hydrogens (primary N) is 1. The highest BCUT2D eigenvalue weighted by Crippen LogP contribution is 2.27. The fourth-order valence-corrected chi connectivity index (χ4v) is 1.67. The molecule has 1 rings (SSSR count). The van der Waals surface area contributed by atoms with Crippen molar-refractivity contribution >= 4 is 5.69 Å². The second-order valence-corrected chi connectivity index (χ2v) is 5.64. The summed E-state index contributed by atoms with van der Waals surface area (Å²) >= 11 is 0. The number of ether oxygens (including phenoxy) is 1. The van der Waals surface area contributed by atoms with Crippen LogP contribution in [0.4, 0.5) is 5.69 Å². The molecule has 0 amide bonds. The Hall–Kier alpha value is -1.18. The van der Waals surface area contributed by atoms with Crippen LogP contribution in [0.15, 0.2) is 12.1 Å². The number of anilines is 1. The zero-order chi connectivity index (χ0) is 12.3. The van der Waals surface area contributed by atoms with Crippen LogP contribution in [0.25, 0.3) is 0 Å². The molecule has 0 aliphatic carbocycles. The Labute approximate surface area is 98.8 Å². The minimum absolute atomic E-state index is 0.315. The largest absolute Gasteiger partial charge is 0.493 e.